The summed E-state index contributed by atoms with van der Waals surface area (Å²) >= 11 is 0. The zero-order valence-corrected chi connectivity index (χ0v) is 12.7. The summed E-state index contributed by atoms with van der Waals surface area (Å²) in [6.45, 7) is 14.7. The third-order valence-corrected chi connectivity index (χ3v) is 4.95. The molecule has 1 heteroatoms. The molecule has 0 aliphatic carbocycles. The SMILES string of the molecule is CCCCCCN1CC(C)C(C)C(C)CC1C. The minimum atomic E-state index is 0.791. The van der Waals surface area contributed by atoms with Crippen LogP contribution in [-0.2, 0) is 0 Å². The number of unbranched alkanes of at least 4 members (excludes halogenated alkanes) is 3. The van der Waals surface area contributed by atoms with Crippen LogP contribution in [0.1, 0.15) is 66.7 Å². The molecular formula is C16H33N. The summed E-state index contributed by atoms with van der Waals surface area (Å²) < 4.78 is 0. The molecule has 0 N–H and O–H groups in total. The van der Waals surface area contributed by atoms with E-state index in [1.807, 2.05) is 0 Å². The molecular weight excluding hydrogens is 206 g/mol. The van der Waals surface area contributed by atoms with Crippen LogP contribution in [0.2, 0.25) is 0 Å². The average molecular weight is 239 g/mol. The molecule has 1 fully saturated rings. The molecule has 0 spiro atoms. The maximum atomic E-state index is 2.75. The number of hydrogen-bond acceptors (Lipinski definition) is 1. The molecule has 1 aliphatic rings. The number of nitrogens with zero attached hydrogens (tertiary/aromatic N) is 1. The number of hydrogen-bond donors (Lipinski definition) is 0. The Kier molecular flexibility index (Phi) is 6.54. The quantitative estimate of drug-likeness (QED) is 0.635. The van der Waals surface area contributed by atoms with Crippen LogP contribution in [0.3, 0.4) is 0 Å². The molecule has 102 valence electrons. The van der Waals surface area contributed by atoms with Gasteiger partial charge in [0.25, 0.3) is 0 Å². The van der Waals surface area contributed by atoms with Crippen molar-refractivity contribution < 1.29 is 0 Å². The molecule has 0 bridgehead atoms. The van der Waals surface area contributed by atoms with Crippen LogP contribution in [0.25, 0.3) is 0 Å². The fourth-order valence-electron chi connectivity index (χ4n) is 3.23. The van der Waals surface area contributed by atoms with E-state index in [2.05, 4.69) is 39.5 Å². The first-order valence-electron chi connectivity index (χ1n) is 7.80. The van der Waals surface area contributed by atoms with Gasteiger partial charge in [0.2, 0.25) is 0 Å². The predicted octanol–water partition coefficient (Wildman–Crippen LogP) is 4.57. The first-order valence-corrected chi connectivity index (χ1v) is 7.80. The lowest BCUT2D eigenvalue weighted by molar-refractivity contribution is 0.185. The van der Waals surface area contributed by atoms with Gasteiger partial charge in [-0.2, -0.15) is 0 Å². The summed E-state index contributed by atoms with van der Waals surface area (Å²) in [5, 5.41) is 0. The maximum absolute atomic E-state index is 2.75. The molecule has 17 heavy (non-hydrogen) atoms. The van der Waals surface area contributed by atoms with Crippen molar-refractivity contribution in [1.29, 1.82) is 0 Å². The highest BCUT2D eigenvalue weighted by Crippen LogP contribution is 2.30. The molecule has 4 atom stereocenters. The Morgan fingerprint density at radius 2 is 1.65 bits per heavy atom. The predicted molar refractivity (Wildman–Crippen MR) is 77.3 cm³/mol. The van der Waals surface area contributed by atoms with Crippen molar-refractivity contribution in [3.05, 3.63) is 0 Å². The van der Waals surface area contributed by atoms with Crippen molar-refractivity contribution in [2.45, 2.75) is 72.8 Å². The summed E-state index contributed by atoms with van der Waals surface area (Å²) in [4.78, 5) is 2.75. The Morgan fingerprint density at radius 1 is 0.941 bits per heavy atom. The Hall–Kier alpha value is -0.0400. The molecule has 0 radical (unpaired) electrons. The first kappa shape index (κ1) is 15.0. The average Bonchev–Trinajstić information content (AvgIpc) is 2.38. The van der Waals surface area contributed by atoms with Gasteiger partial charge in [-0.15, -0.1) is 0 Å². The highest BCUT2D eigenvalue weighted by Gasteiger charge is 2.29. The minimum absolute atomic E-state index is 0.791. The first-order chi connectivity index (χ1) is 8.06. The Bertz CT molecular complexity index is 202. The van der Waals surface area contributed by atoms with Gasteiger partial charge in [-0.05, 0) is 44.1 Å². The molecule has 0 aromatic heterocycles. The molecule has 1 rings (SSSR count). The third kappa shape index (κ3) is 4.62. The Balaban J connectivity index is 2.42. The van der Waals surface area contributed by atoms with Crippen molar-refractivity contribution in [1.82, 2.24) is 4.90 Å². The molecule has 1 nitrogen and oxygen atoms in total. The van der Waals surface area contributed by atoms with Gasteiger partial charge in [0.1, 0.15) is 0 Å². The second kappa shape index (κ2) is 7.41. The lowest BCUT2D eigenvalue weighted by atomic mass is 9.84. The molecule has 4 unspecified atom stereocenters. The van der Waals surface area contributed by atoms with Gasteiger partial charge < -0.3 is 4.90 Å². The standard InChI is InChI=1S/C16H33N/c1-6-7-8-9-10-17-12-14(3)16(5)13(2)11-15(17)4/h13-16H,6-12H2,1-5H3. The van der Waals surface area contributed by atoms with Crippen LogP contribution < -0.4 is 0 Å². The van der Waals surface area contributed by atoms with E-state index in [0.29, 0.717) is 0 Å². The van der Waals surface area contributed by atoms with E-state index < -0.39 is 0 Å². The second-order valence-corrected chi connectivity index (χ2v) is 6.45. The highest BCUT2D eigenvalue weighted by atomic mass is 15.2. The number of rotatable bonds is 5. The summed E-state index contributed by atoms with van der Waals surface area (Å²) in [5.41, 5.74) is 0. The lowest BCUT2D eigenvalue weighted by Crippen LogP contribution is -2.35. The van der Waals surface area contributed by atoms with Crippen LogP contribution >= 0.6 is 0 Å². The van der Waals surface area contributed by atoms with E-state index >= 15 is 0 Å². The van der Waals surface area contributed by atoms with Crippen molar-refractivity contribution >= 4 is 0 Å². The molecule has 1 saturated heterocycles. The van der Waals surface area contributed by atoms with Crippen LogP contribution in [0.15, 0.2) is 0 Å². The van der Waals surface area contributed by atoms with Gasteiger partial charge in [-0.1, -0.05) is 47.0 Å². The molecule has 0 saturated carbocycles. The summed E-state index contributed by atoms with van der Waals surface area (Å²) in [5.74, 6) is 2.64. The zero-order valence-electron chi connectivity index (χ0n) is 12.7. The van der Waals surface area contributed by atoms with Gasteiger partial charge >= 0.3 is 0 Å². The van der Waals surface area contributed by atoms with Gasteiger partial charge in [-0.3, -0.25) is 0 Å². The largest absolute Gasteiger partial charge is 0.300 e. The summed E-state index contributed by atoms with van der Waals surface area (Å²) in [6, 6.07) is 0.791. The summed E-state index contributed by atoms with van der Waals surface area (Å²) in [7, 11) is 0. The Morgan fingerprint density at radius 3 is 2.29 bits per heavy atom. The van der Waals surface area contributed by atoms with E-state index in [1.165, 1.54) is 45.2 Å². The smallest absolute Gasteiger partial charge is 0.00696 e. The lowest BCUT2D eigenvalue weighted by Gasteiger charge is -2.28. The van der Waals surface area contributed by atoms with Crippen LogP contribution in [0.5, 0.6) is 0 Å². The van der Waals surface area contributed by atoms with Gasteiger partial charge in [-0.25, -0.2) is 0 Å². The maximum Gasteiger partial charge on any atom is 0.00696 e. The fourth-order valence-corrected chi connectivity index (χ4v) is 3.23. The topological polar surface area (TPSA) is 3.24 Å². The van der Waals surface area contributed by atoms with E-state index in [4.69, 9.17) is 0 Å². The van der Waals surface area contributed by atoms with Crippen LogP contribution in [-0.4, -0.2) is 24.0 Å². The minimum Gasteiger partial charge on any atom is -0.300 e. The second-order valence-electron chi connectivity index (χ2n) is 6.45. The summed E-state index contributed by atoms with van der Waals surface area (Å²) in [6.07, 6.45) is 6.96. The van der Waals surface area contributed by atoms with Gasteiger partial charge in [0.05, 0.1) is 0 Å². The highest BCUT2D eigenvalue weighted by molar-refractivity contribution is 4.82. The van der Waals surface area contributed by atoms with Crippen molar-refractivity contribution in [3.8, 4) is 0 Å². The van der Waals surface area contributed by atoms with Crippen molar-refractivity contribution in [3.63, 3.8) is 0 Å². The third-order valence-electron chi connectivity index (χ3n) is 4.95. The van der Waals surface area contributed by atoms with Crippen molar-refractivity contribution in [2.24, 2.45) is 17.8 Å². The van der Waals surface area contributed by atoms with Crippen LogP contribution in [0, 0.1) is 17.8 Å². The number of likely N-dealkylation sites (tertiary alicyclic amines) is 1. The fraction of sp³-hybridized carbons (Fsp3) is 1.00. The Labute approximate surface area is 109 Å². The van der Waals surface area contributed by atoms with Gasteiger partial charge in [0.15, 0.2) is 0 Å². The zero-order chi connectivity index (χ0) is 12.8. The van der Waals surface area contributed by atoms with E-state index in [9.17, 15) is 0 Å². The van der Waals surface area contributed by atoms with Crippen molar-refractivity contribution in [2.75, 3.05) is 13.1 Å². The molecule has 1 aliphatic heterocycles. The van der Waals surface area contributed by atoms with E-state index in [0.717, 1.165) is 23.8 Å². The molecule has 1 heterocycles. The molecule has 0 aromatic rings. The van der Waals surface area contributed by atoms with Crippen LogP contribution in [0.4, 0.5) is 0 Å². The normalized spacial score (nSPS) is 35.8. The van der Waals surface area contributed by atoms with E-state index in [1.54, 1.807) is 0 Å². The molecule has 0 aromatic carbocycles. The van der Waals surface area contributed by atoms with Gasteiger partial charge in [0, 0.05) is 12.6 Å². The van der Waals surface area contributed by atoms with E-state index in [-0.39, 0.29) is 0 Å². The molecule has 0 amide bonds. The monoisotopic (exact) mass is 239 g/mol.